The third-order valence-electron chi connectivity index (χ3n) is 3.48. The van der Waals surface area contributed by atoms with Gasteiger partial charge < -0.3 is 15.7 Å². The second-order valence-electron chi connectivity index (χ2n) is 4.92. The summed E-state index contributed by atoms with van der Waals surface area (Å²) in [5.41, 5.74) is 2.63. The summed E-state index contributed by atoms with van der Waals surface area (Å²) in [4.78, 5) is 16.1. The minimum Gasteiger partial charge on any atom is -0.390 e. The minimum atomic E-state index is -0.601. The molecule has 0 unspecified atom stereocenters. The summed E-state index contributed by atoms with van der Waals surface area (Å²) in [6.07, 6.45) is 1.51. The molecule has 6 heteroatoms. The largest absolute Gasteiger partial charge is 0.390 e. The molecule has 108 valence electrons. The maximum Gasteiger partial charge on any atom is 0.319 e. The summed E-state index contributed by atoms with van der Waals surface area (Å²) in [6.45, 7) is 0. The Morgan fingerprint density at radius 3 is 2.86 bits per heavy atom. The van der Waals surface area contributed by atoms with Gasteiger partial charge in [0.1, 0.15) is 4.60 Å². The molecular weight excluding hydrogens is 334 g/mol. The molecule has 0 bridgehead atoms. The zero-order valence-electron chi connectivity index (χ0n) is 11.1. The Kier molecular flexibility index (Phi) is 3.90. The third-order valence-corrected chi connectivity index (χ3v) is 3.94. The first-order valence-electron chi connectivity index (χ1n) is 6.58. The van der Waals surface area contributed by atoms with Gasteiger partial charge in [0, 0.05) is 6.42 Å². The Bertz CT molecular complexity index is 660. The van der Waals surface area contributed by atoms with Crippen molar-refractivity contribution < 1.29 is 9.90 Å². The molecule has 3 N–H and O–H groups in total. The first-order valence-corrected chi connectivity index (χ1v) is 7.38. The smallest absolute Gasteiger partial charge is 0.319 e. The lowest BCUT2D eigenvalue weighted by molar-refractivity contribution is 0.144. The number of carbonyl (C=O) groups excluding carboxylic acids is 1. The van der Waals surface area contributed by atoms with Crippen LogP contribution in [0, 0.1) is 0 Å². The van der Waals surface area contributed by atoms with Crippen LogP contribution in [0.3, 0.4) is 0 Å². The Hall–Kier alpha value is -1.92. The first-order chi connectivity index (χ1) is 10.1. The number of aliphatic hydroxyl groups is 1. The van der Waals surface area contributed by atoms with Gasteiger partial charge in [0.25, 0.3) is 0 Å². The number of fused-ring (bicyclic) bond motifs is 1. The molecule has 2 atom stereocenters. The molecule has 1 aromatic carbocycles. The van der Waals surface area contributed by atoms with Crippen molar-refractivity contribution in [1.29, 1.82) is 0 Å². The van der Waals surface area contributed by atoms with Crippen LogP contribution in [-0.4, -0.2) is 22.2 Å². The van der Waals surface area contributed by atoms with E-state index in [2.05, 4.69) is 31.5 Å². The molecule has 21 heavy (non-hydrogen) atoms. The van der Waals surface area contributed by atoms with Gasteiger partial charge in [0.05, 0.1) is 24.0 Å². The molecule has 0 fully saturated rings. The van der Waals surface area contributed by atoms with Gasteiger partial charge in [0.2, 0.25) is 0 Å². The molecule has 0 aliphatic heterocycles. The summed E-state index contributed by atoms with van der Waals surface area (Å²) in [5.74, 6) is 0. The maximum atomic E-state index is 12.0. The van der Waals surface area contributed by atoms with Crippen molar-refractivity contribution in [3.8, 4) is 0 Å². The number of nitrogens with one attached hydrogen (secondary N) is 2. The zero-order valence-corrected chi connectivity index (χ0v) is 12.7. The standard InChI is InChI=1S/C15H14BrN3O2/c16-13-6-5-10(8-17-13)18-15(21)19-14-11-4-2-1-3-9(11)7-12(14)20/h1-6,8,12,14,20H,7H2,(H2,18,19,21)/t12-,14+/m0/s1. The number of hydrogen-bond acceptors (Lipinski definition) is 3. The monoisotopic (exact) mass is 347 g/mol. The highest BCUT2D eigenvalue weighted by Gasteiger charge is 2.31. The summed E-state index contributed by atoms with van der Waals surface area (Å²) in [5, 5.41) is 15.6. The van der Waals surface area contributed by atoms with Crippen molar-refractivity contribution in [3.05, 3.63) is 58.3 Å². The van der Waals surface area contributed by atoms with E-state index in [1.165, 1.54) is 0 Å². The van der Waals surface area contributed by atoms with Crippen molar-refractivity contribution in [2.24, 2.45) is 0 Å². The Morgan fingerprint density at radius 1 is 1.29 bits per heavy atom. The number of pyridine rings is 1. The number of amides is 2. The van der Waals surface area contributed by atoms with E-state index in [9.17, 15) is 9.90 Å². The maximum absolute atomic E-state index is 12.0. The number of halogens is 1. The number of hydrogen-bond donors (Lipinski definition) is 3. The lowest BCUT2D eigenvalue weighted by Crippen LogP contribution is -2.36. The van der Waals surface area contributed by atoms with Crippen LogP contribution in [0.5, 0.6) is 0 Å². The van der Waals surface area contributed by atoms with E-state index in [0.29, 0.717) is 16.7 Å². The number of aliphatic hydroxyl groups excluding tert-OH is 1. The Labute approximate surface area is 130 Å². The van der Waals surface area contributed by atoms with Gasteiger partial charge in [-0.05, 0) is 39.2 Å². The van der Waals surface area contributed by atoms with E-state index < -0.39 is 6.10 Å². The molecule has 0 spiro atoms. The van der Waals surface area contributed by atoms with Crippen molar-refractivity contribution in [2.75, 3.05) is 5.32 Å². The number of carbonyl (C=O) groups is 1. The van der Waals surface area contributed by atoms with E-state index >= 15 is 0 Å². The molecule has 1 aliphatic rings. The zero-order chi connectivity index (χ0) is 14.8. The van der Waals surface area contributed by atoms with Gasteiger partial charge in [-0.3, -0.25) is 0 Å². The van der Waals surface area contributed by atoms with Crippen molar-refractivity contribution in [1.82, 2.24) is 10.3 Å². The molecule has 0 radical (unpaired) electrons. The quantitative estimate of drug-likeness (QED) is 0.731. The van der Waals surface area contributed by atoms with Crippen LogP contribution in [0.1, 0.15) is 17.2 Å². The van der Waals surface area contributed by atoms with Crippen LogP contribution in [-0.2, 0) is 6.42 Å². The highest BCUT2D eigenvalue weighted by atomic mass is 79.9. The van der Waals surface area contributed by atoms with E-state index in [1.54, 1.807) is 18.3 Å². The number of aromatic nitrogens is 1. The number of anilines is 1. The van der Waals surface area contributed by atoms with Crippen LogP contribution >= 0.6 is 15.9 Å². The highest BCUT2D eigenvalue weighted by Crippen LogP contribution is 2.31. The lowest BCUT2D eigenvalue weighted by atomic mass is 10.1. The summed E-state index contributed by atoms with van der Waals surface area (Å²) in [6, 6.07) is 10.5. The van der Waals surface area contributed by atoms with E-state index in [0.717, 1.165) is 11.1 Å². The molecule has 5 nitrogen and oxygen atoms in total. The highest BCUT2D eigenvalue weighted by molar-refractivity contribution is 9.10. The van der Waals surface area contributed by atoms with Crippen molar-refractivity contribution in [2.45, 2.75) is 18.6 Å². The first kappa shape index (κ1) is 14.0. The number of urea groups is 1. The Morgan fingerprint density at radius 2 is 2.10 bits per heavy atom. The topological polar surface area (TPSA) is 74.2 Å². The van der Waals surface area contributed by atoms with Gasteiger partial charge in [-0.15, -0.1) is 0 Å². The summed E-state index contributed by atoms with van der Waals surface area (Å²) >= 11 is 3.24. The SMILES string of the molecule is O=C(Nc1ccc(Br)nc1)N[C@@H]1c2ccccc2C[C@@H]1O. The molecule has 0 saturated heterocycles. The minimum absolute atomic E-state index is 0.361. The Balaban J connectivity index is 1.69. The summed E-state index contributed by atoms with van der Waals surface area (Å²) in [7, 11) is 0. The molecule has 0 saturated carbocycles. The summed E-state index contributed by atoms with van der Waals surface area (Å²) < 4.78 is 0.702. The molecule has 3 rings (SSSR count). The van der Waals surface area contributed by atoms with Gasteiger partial charge in [0.15, 0.2) is 0 Å². The average Bonchev–Trinajstić information content (AvgIpc) is 2.78. The van der Waals surface area contributed by atoms with Crippen LogP contribution in [0.2, 0.25) is 0 Å². The fraction of sp³-hybridized carbons (Fsp3) is 0.200. The van der Waals surface area contributed by atoms with Crippen LogP contribution in [0.25, 0.3) is 0 Å². The second kappa shape index (κ2) is 5.83. The normalized spacial score (nSPS) is 19.9. The average molecular weight is 348 g/mol. The van der Waals surface area contributed by atoms with Crippen molar-refractivity contribution >= 4 is 27.6 Å². The lowest BCUT2D eigenvalue weighted by Gasteiger charge is -2.18. The molecule has 1 aliphatic carbocycles. The van der Waals surface area contributed by atoms with E-state index in [-0.39, 0.29) is 12.1 Å². The predicted octanol–water partition coefficient (Wildman–Crippen LogP) is 2.62. The van der Waals surface area contributed by atoms with E-state index in [1.807, 2.05) is 24.3 Å². The fourth-order valence-corrected chi connectivity index (χ4v) is 2.74. The molecule has 2 amide bonds. The van der Waals surface area contributed by atoms with Gasteiger partial charge in [-0.1, -0.05) is 24.3 Å². The van der Waals surface area contributed by atoms with Crippen LogP contribution in [0.15, 0.2) is 47.2 Å². The fourth-order valence-electron chi connectivity index (χ4n) is 2.51. The van der Waals surface area contributed by atoms with Crippen LogP contribution < -0.4 is 10.6 Å². The van der Waals surface area contributed by atoms with Gasteiger partial charge >= 0.3 is 6.03 Å². The predicted molar refractivity (Wildman–Crippen MR) is 83.0 cm³/mol. The van der Waals surface area contributed by atoms with Crippen LogP contribution in [0.4, 0.5) is 10.5 Å². The number of benzene rings is 1. The van der Waals surface area contributed by atoms with Gasteiger partial charge in [-0.25, -0.2) is 9.78 Å². The number of rotatable bonds is 2. The van der Waals surface area contributed by atoms with Crippen molar-refractivity contribution in [3.63, 3.8) is 0 Å². The van der Waals surface area contributed by atoms with E-state index in [4.69, 9.17) is 0 Å². The third kappa shape index (κ3) is 3.06. The molecular formula is C15H14BrN3O2. The molecule has 2 aromatic rings. The molecule has 1 aromatic heterocycles. The second-order valence-corrected chi connectivity index (χ2v) is 5.73. The number of nitrogens with zero attached hydrogens (tertiary/aromatic N) is 1. The van der Waals surface area contributed by atoms with Gasteiger partial charge in [-0.2, -0.15) is 0 Å². The molecule has 1 heterocycles.